The predicted octanol–water partition coefficient (Wildman–Crippen LogP) is 1.47. The molecule has 1 atom stereocenters. The van der Waals surface area contributed by atoms with Crippen molar-refractivity contribution in [3.8, 4) is 0 Å². The van der Waals surface area contributed by atoms with E-state index < -0.39 is 16.1 Å². The Balaban J connectivity index is 2.25. The number of sulfonamides is 1. The second kappa shape index (κ2) is 5.24. The molecule has 2 aromatic rings. The largest absolute Gasteiger partial charge is 0.396 e. The second-order valence-corrected chi connectivity index (χ2v) is 6.95. The molecule has 0 saturated heterocycles. The molecule has 0 aliphatic rings. The minimum absolute atomic E-state index is 0.123. The van der Waals surface area contributed by atoms with E-state index in [4.69, 9.17) is 5.73 Å². The first-order chi connectivity index (χ1) is 8.90. The number of nitrogens with zero attached hydrogens (tertiary/aromatic N) is 2. The van der Waals surface area contributed by atoms with Crippen molar-refractivity contribution in [1.82, 2.24) is 14.7 Å². The van der Waals surface area contributed by atoms with Crippen LogP contribution in [0.5, 0.6) is 0 Å². The van der Waals surface area contributed by atoms with Crippen LogP contribution in [0.1, 0.15) is 22.9 Å². The molecule has 0 aromatic carbocycles. The minimum Gasteiger partial charge on any atom is -0.396 e. The number of hydrogen-bond donors (Lipinski definition) is 2. The summed E-state index contributed by atoms with van der Waals surface area (Å²) in [6, 6.07) is 2.66. The Bertz CT molecular complexity index is 682. The van der Waals surface area contributed by atoms with Crippen LogP contribution in [0.15, 0.2) is 29.6 Å². The van der Waals surface area contributed by atoms with Gasteiger partial charge in [-0.3, -0.25) is 0 Å². The average molecular weight is 298 g/mol. The van der Waals surface area contributed by atoms with Crippen molar-refractivity contribution in [2.75, 3.05) is 5.73 Å². The van der Waals surface area contributed by atoms with Crippen LogP contribution in [-0.4, -0.2) is 18.4 Å². The summed E-state index contributed by atoms with van der Waals surface area (Å²) in [5.74, 6) is 0. The number of thiazole rings is 1. The molecule has 0 saturated carbocycles. The zero-order valence-electron chi connectivity index (χ0n) is 10.5. The predicted molar refractivity (Wildman–Crippen MR) is 74.2 cm³/mol. The summed E-state index contributed by atoms with van der Waals surface area (Å²) in [6.45, 7) is 3.65. The lowest BCUT2D eigenvalue weighted by atomic mass is 10.4. The van der Waals surface area contributed by atoms with E-state index in [0.717, 1.165) is 4.88 Å². The Morgan fingerprint density at radius 3 is 2.74 bits per heavy atom. The van der Waals surface area contributed by atoms with Gasteiger partial charge in [0, 0.05) is 17.3 Å². The second-order valence-electron chi connectivity index (χ2n) is 4.05. The summed E-state index contributed by atoms with van der Waals surface area (Å²) >= 11 is 1.45. The van der Waals surface area contributed by atoms with Gasteiger partial charge in [-0.2, -0.15) is 0 Å². The highest BCUT2D eigenvalue weighted by atomic mass is 32.2. The molecule has 0 amide bonds. The number of hydrogen-bond acceptors (Lipinski definition) is 6. The van der Waals surface area contributed by atoms with Crippen molar-refractivity contribution < 1.29 is 8.42 Å². The third kappa shape index (κ3) is 3.09. The molecule has 2 heterocycles. The lowest BCUT2D eigenvalue weighted by Gasteiger charge is -2.12. The molecule has 1 unspecified atom stereocenters. The Morgan fingerprint density at radius 1 is 1.42 bits per heavy atom. The Hall–Kier alpha value is -1.51. The van der Waals surface area contributed by atoms with Crippen LogP contribution in [0.4, 0.5) is 5.69 Å². The van der Waals surface area contributed by atoms with E-state index in [1.165, 1.54) is 23.6 Å². The monoisotopic (exact) mass is 298 g/mol. The average Bonchev–Trinajstić information content (AvgIpc) is 2.76. The van der Waals surface area contributed by atoms with Gasteiger partial charge < -0.3 is 5.73 Å². The van der Waals surface area contributed by atoms with Gasteiger partial charge in [-0.05, 0) is 26.0 Å². The molecule has 2 aromatic heterocycles. The summed E-state index contributed by atoms with van der Waals surface area (Å²) in [6.07, 6.45) is 3.10. The third-order valence-electron chi connectivity index (χ3n) is 2.40. The highest BCUT2D eigenvalue weighted by Gasteiger charge is 2.23. The molecule has 0 fully saturated rings. The van der Waals surface area contributed by atoms with Gasteiger partial charge in [-0.25, -0.2) is 23.1 Å². The number of aryl methyl sites for hydroxylation is 1. The van der Waals surface area contributed by atoms with Crippen molar-refractivity contribution in [1.29, 1.82) is 0 Å². The van der Waals surface area contributed by atoms with Gasteiger partial charge in [0.15, 0.2) is 5.03 Å². The Kier molecular flexibility index (Phi) is 3.83. The van der Waals surface area contributed by atoms with Crippen molar-refractivity contribution in [3.05, 3.63) is 34.4 Å². The quantitative estimate of drug-likeness (QED) is 0.890. The van der Waals surface area contributed by atoms with Crippen LogP contribution in [0.25, 0.3) is 0 Å². The lowest BCUT2D eigenvalue weighted by Crippen LogP contribution is -2.28. The highest BCUT2D eigenvalue weighted by Crippen LogP contribution is 2.22. The molecule has 0 aliphatic carbocycles. The first-order valence-electron chi connectivity index (χ1n) is 5.55. The number of nitrogens with one attached hydrogen (secondary N) is 1. The summed E-state index contributed by atoms with van der Waals surface area (Å²) in [5.41, 5.74) is 5.75. The minimum atomic E-state index is -3.75. The van der Waals surface area contributed by atoms with E-state index in [9.17, 15) is 8.42 Å². The molecule has 3 N–H and O–H groups in total. The number of aromatic nitrogens is 2. The van der Waals surface area contributed by atoms with Gasteiger partial charge >= 0.3 is 0 Å². The normalized spacial score (nSPS) is 13.4. The molecule has 0 bridgehead atoms. The van der Waals surface area contributed by atoms with Crippen LogP contribution >= 0.6 is 11.3 Å². The van der Waals surface area contributed by atoms with Crippen LogP contribution in [0.3, 0.4) is 0 Å². The molecule has 6 nitrogen and oxygen atoms in total. The van der Waals surface area contributed by atoms with Crippen LogP contribution in [0, 0.1) is 6.92 Å². The number of rotatable bonds is 4. The fraction of sp³-hybridized carbons (Fsp3) is 0.273. The van der Waals surface area contributed by atoms with Crippen molar-refractivity contribution in [2.24, 2.45) is 0 Å². The molecule has 0 spiro atoms. The first kappa shape index (κ1) is 13.9. The van der Waals surface area contributed by atoms with E-state index in [1.54, 1.807) is 19.2 Å². The van der Waals surface area contributed by atoms with Crippen LogP contribution in [-0.2, 0) is 10.0 Å². The molecule has 0 aliphatic heterocycles. The van der Waals surface area contributed by atoms with Gasteiger partial charge in [0.05, 0.1) is 11.7 Å². The SMILES string of the molecule is Cc1cnc(C(C)NS(=O)(=O)c2ncccc2N)s1. The molecule has 102 valence electrons. The summed E-state index contributed by atoms with van der Waals surface area (Å²) in [4.78, 5) is 8.99. The van der Waals surface area contributed by atoms with Crippen LogP contribution in [0.2, 0.25) is 0 Å². The number of pyridine rings is 1. The third-order valence-corrected chi connectivity index (χ3v) is 5.01. The van der Waals surface area contributed by atoms with E-state index in [0.29, 0.717) is 5.01 Å². The van der Waals surface area contributed by atoms with E-state index in [2.05, 4.69) is 14.7 Å². The maximum Gasteiger partial charge on any atom is 0.260 e. The topological polar surface area (TPSA) is 98.0 Å². The number of anilines is 1. The zero-order chi connectivity index (χ0) is 14.0. The molecule has 0 radical (unpaired) electrons. The zero-order valence-corrected chi connectivity index (χ0v) is 12.1. The molecule has 8 heteroatoms. The van der Waals surface area contributed by atoms with Crippen molar-refractivity contribution in [2.45, 2.75) is 24.9 Å². The van der Waals surface area contributed by atoms with Gasteiger partial charge in [0.1, 0.15) is 5.01 Å². The fourth-order valence-corrected chi connectivity index (χ4v) is 3.66. The maximum atomic E-state index is 12.2. The molecular weight excluding hydrogens is 284 g/mol. The number of nitrogen functional groups attached to an aromatic ring is 1. The van der Waals surface area contributed by atoms with Gasteiger partial charge in [0.2, 0.25) is 0 Å². The van der Waals surface area contributed by atoms with Crippen LogP contribution < -0.4 is 10.5 Å². The fourth-order valence-electron chi connectivity index (χ4n) is 1.54. The molecule has 2 rings (SSSR count). The van der Waals surface area contributed by atoms with E-state index in [1.807, 2.05) is 6.92 Å². The van der Waals surface area contributed by atoms with Gasteiger partial charge in [0.25, 0.3) is 10.0 Å². The maximum absolute atomic E-state index is 12.2. The van der Waals surface area contributed by atoms with E-state index >= 15 is 0 Å². The molecular formula is C11H14N4O2S2. The summed E-state index contributed by atoms with van der Waals surface area (Å²) < 4.78 is 26.9. The summed E-state index contributed by atoms with van der Waals surface area (Å²) in [5, 5.41) is 0.547. The van der Waals surface area contributed by atoms with Crippen molar-refractivity contribution >= 4 is 27.0 Å². The number of nitrogens with two attached hydrogens (primary N) is 1. The highest BCUT2D eigenvalue weighted by molar-refractivity contribution is 7.89. The Labute approximate surface area is 115 Å². The first-order valence-corrected chi connectivity index (χ1v) is 7.85. The smallest absolute Gasteiger partial charge is 0.260 e. The molecule has 19 heavy (non-hydrogen) atoms. The van der Waals surface area contributed by atoms with Crippen molar-refractivity contribution in [3.63, 3.8) is 0 Å². The Morgan fingerprint density at radius 2 is 2.16 bits per heavy atom. The van der Waals surface area contributed by atoms with Gasteiger partial charge in [-0.15, -0.1) is 11.3 Å². The van der Waals surface area contributed by atoms with Gasteiger partial charge in [-0.1, -0.05) is 0 Å². The van der Waals surface area contributed by atoms with E-state index in [-0.39, 0.29) is 10.7 Å². The standard InChI is InChI=1S/C11H14N4O2S2/c1-7-6-14-10(18-7)8(2)15-19(16,17)11-9(12)4-3-5-13-11/h3-6,8,15H,12H2,1-2H3. The summed E-state index contributed by atoms with van der Waals surface area (Å²) in [7, 11) is -3.75. The lowest BCUT2D eigenvalue weighted by molar-refractivity contribution is 0.563.